The van der Waals surface area contributed by atoms with Gasteiger partial charge in [0, 0.05) is 50.4 Å². The second kappa shape index (κ2) is 9.59. The highest BCUT2D eigenvalue weighted by Crippen LogP contribution is 2.27. The van der Waals surface area contributed by atoms with Crippen LogP contribution in [0.1, 0.15) is 0 Å². The molecule has 1 aromatic rings. The van der Waals surface area contributed by atoms with Crippen molar-refractivity contribution in [3.63, 3.8) is 0 Å². The largest absolute Gasteiger partial charge is 0.482 e. The van der Waals surface area contributed by atoms with Gasteiger partial charge < -0.3 is 19.3 Å². The molecule has 27 heavy (non-hydrogen) atoms. The summed E-state index contributed by atoms with van der Waals surface area (Å²) in [6.07, 6.45) is 0. The normalized spacial score (nSPS) is 18.4. The first-order valence-corrected chi connectivity index (χ1v) is 9.72. The van der Waals surface area contributed by atoms with Crippen LogP contribution in [-0.4, -0.2) is 92.1 Å². The fraction of sp³-hybridized carbons (Fsp3) is 0.556. The van der Waals surface area contributed by atoms with Crippen molar-refractivity contribution in [3.05, 3.63) is 28.2 Å². The lowest BCUT2D eigenvalue weighted by Crippen LogP contribution is -2.54. The number of hydrogen-bond donors (Lipinski definition) is 0. The van der Waals surface area contributed by atoms with Crippen LogP contribution < -0.4 is 4.74 Å². The Morgan fingerprint density at radius 2 is 1.59 bits per heavy atom. The number of piperazine rings is 1. The number of benzene rings is 1. The standard InChI is InChI=1S/C18H23Cl2N3O4/c19-14-1-2-15(20)16(11-14)27-13-18(25)23-5-3-22(4-6-23)17(24)12-21-7-9-26-10-8-21/h1-2,11H,3-10,12-13H2. The molecule has 2 aliphatic rings. The lowest BCUT2D eigenvalue weighted by Gasteiger charge is -2.36. The summed E-state index contributed by atoms with van der Waals surface area (Å²) < 4.78 is 10.8. The van der Waals surface area contributed by atoms with E-state index in [-0.39, 0.29) is 18.4 Å². The summed E-state index contributed by atoms with van der Waals surface area (Å²) in [7, 11) is 0. The van der Waals surface area contributed by atoms with Crippen LogP contribution in [0.15, 0.2) is 18.2 Å². The molecule has 0 N–H and O–H groups in total. The summed E-state index contributed by atoms with van der Waals surface area (Å²) in [5, 5.41) is 0.903. The van der Waals surface area contributed by atoms with Crippen LogP contribution in [-0.2, 0) is 14.3 Å². The number of carbonyl (C=O) groups is 2. The third kappa shape index (κ3) is 5.72. The summed E-state index contributed by atoms with van der Waals surface area (Å²) in [6, 6.07) is 4.87. The maximum atomic E-state index is 12.4. The van der Waals surface area contributed by atoms with Crippen molar-refractivity contribution in [1.29, 1.82) is 0 Å². The minimum Gasteiger partial charge on any atom is -0.482 e. The van der Waals surface area contributed by atoms with Crippen molar-refractivity contribution in [2.45, 2.75) is 0 Å². The van der Waals surface area contributed by atoms with Crippen molar-refractivity contribution in [3.8, 4) is 5.75 Å². The molecule has 0 aliphatic carbocycles. The average molecular weight is 416 g/mol. The van der Waals surface area contributed by atoms with Gasteiger partial charge in [0.15, 0.2) is 6.61 Å². The van der Waals surface area contributed by atoms with Gasteiger partial charge in [-0.1, -0.05) is 23.2 Å². The Morgan fingerprint density at radius 1 is 0.963 bits per heavy atom. The predicted molar refractivity (Wildman–Crippen MR) is 102 cm³/mol. The fourth-order valence-corrected chi connectivity index (χ4v) is 3.41. The maximum Gasteiger partial charge on any atom is 0.260 e. The van der Waals surface area contributed by atoms with Gasteiger partial charge >= 0.3 is 0 Å². The van der Waals surface area contributed by atoms with Crippen LogP contribution in [0.3, 0.4) is 0 Å². The van der Waals surface area contributed by atoms with E-state index in [0.29, 0.717) is 61.7 Å². The van der Waals surface area contributed by atoms with E-state index in [4.69, 9.17) is 32.7 Å². The van der Waals surface area contributed by atoms with E-state index in [1.807, 2.05) is 4.90 Å². The van der Waals surface area contributed by atoms with Gasteiger partial charge in [-0.25, -0.2) is 0 Å². The quantitative estimate of drug-likeness (QED) is 0.726. The molecule has 2 fully saturated rings. The van der Waals surface area contributed by atoms with Gasteiger partial charge in [-0.3, -0.25) is 14.5 Å². The summed E-state index contributed by atoms with van der Waals surface area (Å²) in [5.74, 6) is 0.356. The fourth-order valence-electron chi connectivity index (χ4n) is 3.07. The number of ether oxygens (including phenoxy) is 2. The molecule has 0 bridgehead atoms. The first-order valence-electron chi connectivity index (χ1n) is 8.96. The molecule has 0 atom stereocenters. The van der Waals surface area contributed by atoms with E-state index < -0.39 is 0 Å². The van der Waals surface area contributed by atoms with Gasteiger partial charge in [-0.05, 0) is 12.1 Å². The summed E-state index contributed by atoms with van der Waals surface area (Å²) in [5.41, 5.74) is 0. The molecule has 3 rings (SSSR count). The number of morpholine rings is 1. The summed E-state index contributed by atoms with van der Waals surface area (Å²) in [6.45, 7) is 5.29. The molecule has 0 spiro atoms. The minimum absolute atomic E-state index is 0.103. The molecule has 0 saturated carbocycles. The van der Waals surface area contributed by atoms with E-state index in [2.05, 4.69) is 4.90 Å². The van der Waals surface area contributed by atoms with Crippen LogP contribution in [0.5, 0.6) is 5.75 Å². The number of nitrogens with zero attached hydrogens (tertiary/aromatic N) is 3. The van der Waals surface area contributed by atoms with Gasteiger partial charge in [0.05, 0.1) is 24.8 Å². The Labute approximate surface area is 168 Å². The number of carbonyl (C=O) groups excluding carboxylic acids is 2. The van der Waals surface area contributed by atoms with Crippen LogP contribution in [0.4, 0.5) is 0 Å². The molecule has 0 aromatic heterocycles. The zero-order chi connectivity index (χ0) is 19.2. The van der Waals surface area contributed by atoms with Gasteiger partial charge in [0.2, 0.25) is 5.91 Å². The highest BCUT2D eigenvalue weighted by molar-refractivity contribution is 6.34. The smallest absolute Gasteiger partial charge is 0.260 e. The first kappa shape index (κ1) is 20.2. The monoisotopic (exact) mass is 415 g/mol. The Morgan fingerprint density at radius 3 is 2.26 bits per heavy atom. The predicted octanol–water partition coefficient (Wildman–Crippen LogP) is 1.38. The van der Waals surface area contributed by atoms with Gasteiger partial charge in [0.25, 0.3) is 5.91 Å². The lowest BCUT2D eigenvalue weighted by atomic mass is 10.3. The van der Waals surface area contributed by atoms with E-state index in [1.165, 1.54) is 0 Å². The Hall–Kier alpha value is -1.54. The molecule has 1 aromatic carbocycles. The van der Waals surface area contributed by atoms with Crippen LogP contribution in [0.2, 0.25) is 10.0 Å². The number of amides is 2. The van der Waals surface area contributed by atoms with Crippen LogP contribution in [0, 0.1) is 0 Å². The maximum absolute atomic E-state index is 12.4. The van der Waals surface area contributed by atoms with Crippen LogP contribution in [0.25, 0.3) is 0 Å². The number of hydrogen-bond acceptors (Lipinski definition) is 5. The molecule has 0 radical (unpaired) electrons. The van der Waals surface area contributed by atoms with Crippen molar-refractivity contribution in [1.82, 2.24) is 14.7 Å². The zero-order valence-corrected chi connectivity index (χ0v) is 16.5. The van der Waals surface area contributed by atoms with Crippen molar-refractivity contribution >= 4 is 35.0 Å². The number of halogens is 2. The third-order valence-electron chi connectivity index (χ3n) is 4.69. The average Bonchev–Trinajstić information content (AvgIpc) is 2.69. The molecular weight excluding hydrogens is 393 g/mol. The first-order chi connectivity index (χ1) is 13.0. The van der Waals surface area contributed by atoms with E-state index >= 15 is 0 Å². The van der Waals surface area contributed by atoms with Crippen molar-refractivity contribution < 1.29 is 19.1 Å². The molecule has 2 aliphatic heterocycles. The van der Waals surface area contributed by atoms with E-state index in [0.717, 1.165) is 13.1 Å². The van der Waals surface area contributed by atoms with Gasteiger partial charge in [-0.15, -0.1) is 0 Å². The molecular formula is C18H23Cl2N3O4. The molecule has 9 heteroatoms. The highest BCUT2D eigenvalue weighted by atomic mass is 35.5. The molecule has 2 heterocycles. The summed E-state index contributed by atoms with van der Waals surface area (Å²) in [4.78, 5) is 30.4. The van der Waals surface area contributed by atoms with Crippen molar-refractivity contribution in [2.24, 2.45) is 0 Å². The minimum atomic E-state index is -0.133. The highest BCUT2D eigenvalue weighted by Gasteiger charge is 2.26. The van der Waals surface area contributed by atoms with E-state index in [1.54, 1.807) is 23.1 Å². The van der Waals surface area contributed by atoms with Gasteiger partial charge in [0.1, 0.15) is 5.75 Å². The molecule has 2 amide bonds. The van der Waals surface area contributed by atoms with E-state index in [9.17, 15) is 9.59 Å². The SMILES string of the molecule is O=C(COc1cc(Cl)ccc1Cl)N1CCN(C(=O)CN2CCOCC2)CC1. The molecule has 2 saturated heterocycles. The Bertz CT molecular complexity index is 675. The second-order valence-corrected chi connectivity index (χ2v) is 7.36. The molecule has 148 valence electrons. The second-order valence-electron chi connectivity index (χ2n) is 6.51. The lowest BCUT2D eigenvalue weighted by molar-refractivity contribution is -0.141. The molecule has 0 unspecified atom stereocenters. The van der Waals surface area contributed by atoms with Crippen LogP contribution >= 0.6 is 23.2 Å². The Balaban J connectivity index is 1.42. The zero-order valence-electron chi connectivity index (χ0n) is 15.0. The van der Waals surface area contributed by atoms with Gasteiger partial charge in [-0.2, -0.15) is 0 Å². The Kier molecular flexibility index (Phi) is 7.18. The molecule has 7 nitrogen and oxygen atoms in total. The summed E-state index contributed by atoms with van der Waals surface area (Å²) >= 11 is 11.9. The topological polar surface area (TPSA) is 62.3 Å². The number of rotatable bonds is 5. The van der Waals surface area contributed by atoms with Crippen molar-refractivity contribution in [2.75, 3.05) is 65.6 Å². The third-order valence-corrected chi connectivity index (χ3v) is 5.24.